The van der Waals surface area contributed by atoms with Crippen molar-refractivity contribution in [2.75, 3.05) is 0 Å². The average molecular weight is 166 g/mol. The minimum Gasteiger partial charge on any atom is -0.457 e. The van der Waals surface area contributed by atoms with E-state index in [1.165, 1.54) is 12.3 Å². The highest BCUT2D eigenvalue weighted by Gasteiger charge is 2.08. The highest BCUT2D eigenvalue weighted by molar-refractivity contribution is 5.85. The lowest BCUT2D eigenvalue weighted by molar-refractivity contribution is -0.129. The van der Waals surface area contributed by atoms with E-state index in [-0.39, 0.29) is 11.5 Å². The number of esters is 1. The number of hydrogen-bond acceptors (Lipinski definition) is 4. The fourth-order valence-corrected chi connectivity index (χ4v) is 0.630. The van der Waals surface area contributed by atoms with Gasteiger partial charge in [0.15, 0.2) is 12.0 Å². The maximum Gasteiger partial charge on any atom is 0.335 e. The van der Waals surface area contributed by atoms with Gasteiger partial charge in [-0.05, 0) is 0 Å². The third-order valence-corrected chi connectivity index (χ3v) is 1.14. The molecule has 0 aliphatic rings. The lowest BCUT2D eigenvalue weighted by Crippen LogP contribution is -2.03. The van der Waals surface area contributed by atoms with Gasteiger partial charge in [0.05, 0.1) is 6.26 Å². The van der Waals surface area contributed by atoms with Crippen molar-refractivity contribution in [3.8, 4) is 5.75 Å². The number of hydrogen-bond donors (Lipinski definition) is 0. The van der Waals surface area contributed by atoms with Crippen molar-refractivity contribution in [3.63, 3.8) is 0 Å². The van der Waals surface area contributed by atoms with Gasteiger partial charge in [-0.3, -0.25) is 4.79 Å². The van der Waals surface area contributed by atoms with Crippen LogP contribution in [0.15, 0.2) is 29.4 Å². The van der Waals surface area contributed by atoms with Crippen LogP contribution < -0.4 is 4.74 Å². The van der Waals surface area contributed by atoms with Crippen molar-refractivity contribution in [2.24, 2.45) is 0 Å². The van der Waals surface area contributed by atoms with Gasteiger partial charge in [-0.15, -0.1) is 0 Å². The molecule has 0 amide bonds. The molecule has 0 atom stereocenters. The Bertz CT molecular complexity index is 311. The Labute approximate surface area is 68.4 Å². The van der Waals surface area contributed by atoms with E-state index in [0.29, 0.717) is 6.29 Å². The van der Waals surface area contributed by atoms with Crippen LogP contribution in [-0.4, -0.2) is 12.3 Å². The fourth-order valence-electron chi connectivity index (χ4n) is 0.630. The number of carbonyl (C=O) groups is 2. The third-order valence-electron chi connectivity index (χ3n) is 1.14. The molecule has 0 unspecified atom stereocenters. The Morgan fingerprint density at radius 2 is 2.42 bits per heavy atom. The molecule has 0 bridgehead atoms. The molecule has 1 aromatic rings. The number of ether oxygens (including phenoxy) is 1. The molecule has 0 radical (unpaired) electrons. The van der Waals surface area contributed by atoms with Gasteiger partial charge < -0.3 is 9.15 Å². The van der Waals surface area contributed by atoms with E-state index in [4.69, 9.17) is 0 Å². The standard InChI is InChI=1S/C8H6O4/c1-2-8(10)12-6-3-4-11-7(6)5-9/h2-5H,1H2. The molecule has 0 saturated carbocycles. The molecule has 1 rings (SSSR count). The predicted molar refractivity (Wildman–Crippen MR) is 39.9 cm³/mol. The van der Waals surface area contributed by atoms with Crippen LogP contribution in [-0.2, 0) is 4.79 Å². The van der Waals surface area contributed by atoms with Crippen molar-refractivity contribution in [2.45, 2.75) is 0 Å². The zero-order chi connectivity index (χ0) is 8.97. The summed E-state index contributed by atoms with van der Waals surface area (Å²) in [6.45, 7) is 3.20. The summed E-state index contributed by atoms with van der Waals surface area (Å²) in [5.74, 6) is -0.528. The van der Waals surface area contributed by atoms with Crippen LogP contribution >= 0.6 is 0 Å². The topological polar surface area (TPSA) is 56.5 Å². The van der Waals surface area contributed by atoms with E-state index >= 15 is 0 Å². The second-order valence-electron chi connectivity index (χ2n) is 1.89. The number of furan rings is 1. The summed E-state index contributed by atoms with van der Waals surface area (Å²) in [5, 5.41) is 0. The van der Waals surface area contributed by atoms with Crippen LogP contribution in [0, 0.1) is 0 Å². The molecule has 0 aliphatic carbocycles. The van der Waals surface area contributed by atoms with E-state index in [2.05, 4.69) is 15.7 Å². The van der Waals surface area contributed by atoms with Crippen molar-refractivity contribution >= 4 is 12.3 Å². The van der Waals surface area contributed by atoms with Crippen molar-refractivity contribution in [3.05, 3.63) is 30.7 Å². The van der Waals surface area contributed by atoms with Crippen LogP contribution in [0.4, 0.5) is 0 Å². The van der Waals surface area contributed by atoms with Crippen LogP contribution in [0.3, 0.4) is 0 Å². The zero-order valence-corrected chi connectivity index (χ0v) is 6.15. The lowest BCUT2D eigenvalue weighted by atomic mass is 10.4. The van der Waals surface area contributed by atoms with E-state index in [0.717, 1.165) is 6.08 Å². The SMILES string of the molecule is C=CC(=O)Oc1ccoc1C=O. The van der Waals surface area contributed by atoms with Gasteiger partial charge in [-0.2, -0.15) is 0 Å². The molecule has 4 heteroatoms. The Morgan fingerprint density at radius 1 is 1.67 bits per heavy atom. The summed E-state index contributed by atoms with van der Waals surface area (Å²) in [6.07, 6.45) is 2.72. The Hall–Kier alpha value is -1.84. The Kier molecular flexibility index (Phi) is 2.42. The maximum atomic E-state index is 10.6. The minimum absolute atomic E-state index is 0.00907. The fraction of sp³-hybridized carbons (Fsp3) is 0. The molecule has 1 aromatic heterocycles. The molecule has 1 heterocycles. The molecular formula is C8H6O4. The maximum absolute atomic E-state index is 10.6. The van der Waals surface area contributed by atoms with Gasteiger partial charge in [0.1, 0.15) is 0 Å². The normalized spacial score (nSPS) is 9.00. The summed E-state index contributed by atoms with van der Waals surface area (Å²) in [7, 11) is 0. The van der Waals surface area contributed by atoms with E-state index in [1.54, 1.807) is 0 Å². The summed E-state index contributed by atoms with van der Waals surface area (Å²) in [6, 6.07) is 1.38. The van der Waals surface area contributed by atoms with Gasteiger partial charge in [0.2, 0.25) is 5.76 Å². The molecule has 0 aromatic carbocycles. The largest absolute Gasteiger partial charge is 0.457 e. The first-order valence-electron chi connectivity index (χ1n) is 3.15. The molecule has 62 valence electrons. The van der Waals surface area contributed by atoms with E-state index in [1.807, 2.05) is 0 Å². The van der Waals surface area contributed by atoms with E-state index < -0.39 is 5.97 Å². The third kappa shape index (κ3) is 1.60. The molecule has 0 fully saturated rings. The zero-order valence-electron chi connectivity index (χ0n) is 6.15. The van der Waals surface area contributed by atoms with Gasteiger partial charge >= 0.3 is 5.97 Å². The molecule has 12 heavy (non-hydrogen) atoms. The van der Waals surface area contributed by atoms with E-state index in [9.17, 15) is 9.59 Å². The first kappa shape index (κ1) is 8.26. The molecule has 0 saturated heterocycles. The van der Waals surface area contributed by atoms with Crippen LogP contribution in [0.5, 0.6) is 5.75 Å². The quantitative estimate of drug-likeness (QED) is 0.384. The number of carbonyl (C=O) groups excluding carboxylic acids is 2. The van der Waals surface area contributed by atoms with Crippen molar-refractivity contribution in [1.82, 2.24) is 0 Å². The van der Waals surface area contributed by atoms with Gasteiger partial charge in [0.25, 0.3) is 0 Å². The van der Waals surface area contributed by atoms with Crippen LogP contribution in [0.2, 0.25) is 0 Å². The van der Waals surface area contributed by atoms with Crippen molar-refractivity contribution in [1.29, 1.82) is 0 Å². The van der Waals surface area contributed by atoms with Gasteiger partial charge in [0, 0.05) is 12.1 Å². The average Bonchev–Trinajstić information content (AvgIpc) is 2.51. The number of aldehydes is 1. The van der Waals surface area contributed by atoms with Crippen molar-refractivity contribution < 1.29 is 18.7 Å². The summed E-state index contributed by atoms with van der Waals surface area (Å²) in [5.41, 5.74) is 0. The molecule has 0 spiro atoms. The van der Waals surface area contributed by atoms with Gasteiger partial charge in [-0.25, -0.2) is 4.79 Å². The first-order valence-corrected chi connectivity index (χ1v) is 3.15. The minimum atomic E-state index is -0.625. The smallest absolute Gasteiger partial charge is 0.335 e. The van der Waals surface area contributed by atoms with Crippen LogP contribution in [0.25, 0.3) is 0 Å². The Balaban J connectivity index is 2.80. The molecule has 0 N–H and O–H groups in total. The molecular weight excluding hydrogens is 160 g/mol. The summed E-state index contributed by atoms with van der Waals surface area (Å²) >= 11 is 0. The lowest BCUT2D eigenvalue weighted by Gasteiger charge is -1.95. The predicted octanol–water partition coefficient (Wildman–Crippen LogP) is 1.18. The highest BCUT2D eigenvalue weighted by Crippen LogP contribution is 2.17. The highest BCUT2D eigenvalue weighted by atomic mass is 16.5. The number of rotatable bonds is 3. The first-order chi connectivity index (χ1) is 5.77. The summed E-state index contributed by atoms with van der Waals surface area (Å²) < 4.78 is 9.32. The molecule has 4 nitrogen and oxygen atoms in total. The van der Waals surface area contributed by atoms with Gasteiger partial charge in [-0.1, -0.05) is 6.58 Å². The second-order valence-corrected chi connectivity index (χ2v) is 1.89. The summed E-state index contributed by atoms with van der Waals surface area (Å²) in [4.78, 5) is 20.9. The molecule has 0 aliphatic heterocycles. The van der Waals surface area contributed by atoms with Crippen LogP contribution in [0.1, 0.15) is 10.6 Å². The monoisotopic (exact) mass is 166 g/mol. The second kappa shape index (κ2) is 3.52. The Morgan fingerprint density at radius 3 is 3.00 bits per heavy atom.